The first-order valence-electron chi connectivity index (χ1n) is 6.48. The van der Waals surface area contributed by atoms with Gasteiger partial charge in [0.25, 0.3) is 0 Å². The van der Waals surface area contributed by atoms with Crippen LogP contribution in [-0.4, -0.2) is 5.11 Å². The molecule has 20 heavy (non-hydrogen) atoms. The first-order chi connectivity index (χ1) is 9.49. The van der Waals surface area contributed by atoms with E-state index in [1.807, 2.05) is 38.1 Å². The summed E-state index contributed by atoms with van der Waals surface area (Å²) in [5.74, 6) is -0.492. The summed E-state index contributed by atoms with van der Waals surface area (Å²) in [6.07, 6.45) is 0. The van der Waals surface area contributed by atoms with Gasteiger partial charge in [-0.1, -0.05) is 35.9 Å². The molecule has 4 heteroatoms. The van der Waals surface area contributed by atoms with E-state index in [1.54, 1.807) is 6.07 Å². The lowest BCUT2D eigenvalue weighted by molar-refractivity contribution is 0.454. The SMILES string of the molecule is CC(NC(C)c1ccccc1Cl)c1ccc(O)cc1F. The maximum atomic E-state index is 13.8. The number of halogens is 2. The van der Waals surface area contributed by atoms with Crippen molar-refractivity contribution in [2.75, 3.05) is 0 Å². The highest BCUT2D eigenvalue weighted by Crippen LogP contribution is 2.27. The number of rotatable bonds is 4. The topological polar surface area (TPSA) is 32.3 Å². The van der Waals surface area contributed by atoms with Gasteiger partial charge in [0, 0.05) is 28.7 Å². The number of hydrogen-bond acceptors (Lipinski definition) is 2. The molecule has 0 amide bonds. The molecule has 2 aromatic rings. The molecule has 2 unspecified atom stereocenters. The Morgan fingerprint density at radius 2 is 1.70 bits per heavy atom. The van der Waals surface area contributed by atoms with Crippen LogP contribution in [0.25, 0.3) is 0 Å². The Labute approximate surface area is 123 Å². The predicted octanol–water partition coefficient (Wildman–Crippen LogP) is 4.60. The normalized spacial score (nSPS) is 14.0. The Bertz CT molecular complexity index is 603. The molecular weight excluding hydrogens is 277 g/mol. The van der Waals surface area contributed by atoms with E-state index >= 15 is 0 Å². The molecule has 0 bridgehead atoms. The number of phenols is 1. The smallest absolute Gasteiger partial charge is 0.131 e. The molecule has 0 fully saturated rings. The third-order valence-electron chi connectivity index (χ3n) is 3.32. The zero-order valence-electron chi connectivity index (χ0n) is 11.4. The molecule has 2 N–H and O–H groups in total. The molecule has 2 nitrogen and oxygen atoms in total. The summed E-state index contributed by atoms with van der Waals surface area (Å²) in [5, 5.41) is 13.2. The van der Waals surface area contributed by atoms with Gasteiger partial charge < -0.3 is 10.4 Å². The van der Waals surface area contributed by atoms with Crippen molar-refractivity contribution in [2.45, 2.75) is 25.9 Å². The van der Waals surface area contributed by atoms with Crippen LogP contribution in [0.4, 0.5) is 4.39 Å². The summed E-state index contributed by atoms with van der Waals surface area (Å²) in [7, 11) is 0. The quantitative estimate of drug-likeness (QED) is 0.863. The average molecular weight is 294 g/mol. The van der Waals surface area contributed by atoms with Gasteiger partial charge in [0.1, 0.15) is 11.6 Å². The molecule has 0 aliphatic heterocycles. The third-order valence-corrected chi connectivity index (χ3v) is 3.67. The van der Waals surface area contributed by atoms with Crippen molar-refractivity contribution >= 4 is 11.6 Å². The lowest BCUT2D eigenvalue weighted by Gasteiger charge is -2.22. The van der Waals surface area contributed by atoms with E-state index in [1.165, 1.54) is 6.07 Å². The van der Waals surface area contributed by atoms with Crippen LogP contribution in [0, 0.1) is 5.82 Å². The highest BCUT2D eigenvalue weighted by atomic mass is 35.5. The Morgan fingerprint density at radius 3 is 2.35 bits per heavy atom. The molecule has 0 aliphatic rings. The fourth-order valence-corrected chi connectivity index (χ4v) is 2.55. The van der Waals surface area contributed by atoms with E-state index in [0.717, 1.165) is 11.6 Å². The minimum absolute atomic E-state index is 0.00750. The first-order valence-corrected chi connectivity index (χ1v) is 6.85. The van der Waals surface area contributed by atoms with Crippen LogP contribution in [0.3, 0.4) is 0 Å². The molecule has 0 radical (unpaired) electrons. The molecule has 0 saturated heterocycles. The zero-order chi connectivity index (χ0) is 14.7. The molecule has 0 heterocycles. The van der Waals surface area contributed by atoms with Gasteiger partial charge >= 0.3 is 0 Å². The Hall–Kier alpha value is -1.58. The summed E-state index contributed by atoms with van der Waals surface area (Å²) in [5.41, 5.74) is 1.49. The van der Waals surface area contributed by atoms with E-state index in [9.17, 15) is 9.50 Å². The van der Waals surface area contributed by atoms with E-state index < -0.39 is 5.82 Å². The van der Waals surface area contributed by atoms with Crippen LogP contribution in [0.5, 0.6) is 5.75 Å². The molecule has 2 rings (SSSR count). The maximum Gasteiger partial charge on any atom is 0.131 e. The molecule has 0 spiro atoms. The minimum Gasteiger partial charge on any atom is -0.508 e. The van der Waals surface area contributed by atoms with Crippen LogP contribution in [0.2, 0.25) is 5.02 Å². The molecular formula is C16H17ClFNO. The van der Waals surface area contributed by atoms with E-state index in [-0.39, 0.29) is 17.8 Å². The van der Waals surface area contributed by atoms with E-state index in [0.29, 0.717) is 10.6 Å². The van der Waals surface area contributed by atoms with Crippen molar-refractivity contribution in [1.82, 2.24) is 5.32 Å². The lowest BCUT2D eigenvalue weighted by atomic mass is 10.0. The zero-order valence-corrected chi connectivity index (χ0v) is 12.2. The van der Waals surface area contributed by atoms with Gasteiger partial charge in [-0.3, -0.25) is 0 Å². The van der Waals surface area contributed by atoms with Gasteiger partial charge in [0.15, 0.2) is 0 Å². The lowest BCUT2D eigenvalue weighted by Crippen LogP contribution is -2.23. The predicted molar refractivity (Wildman–Crippen MR) is 79.5 cm³/mol. The average Bonchev–Trinajstić information content (AvgIpc) is 2.38. The van der Waals surface area contributed by atoms with Gasteiger partial charge in [-0.25, -0.2) is 4.39 Å². The fourth-order valence-electron chi connectivity index (χ4n) is 2.25. The van der Waals surface area contributed by atoms with Crippen molar-refractivity contribution in [3.63, 3.8) is 0 Å². The van der Waals surface area contributed by atoms with Crippen LogP contribution in [-0.2, 0) is 0 Å². The summed E-state index contributed by atoms with van der Waals surface area (Å²) in [4.78, 5) is 0. The second-order valence-corrected chi connectivity index (χ2v) is 5.24. The largest absolute Gasteiger partial charge is 0.508 e. The van der Waals surface area contributed by atoms with Gasteiger partial charge in [0.2, 0.25) is 0 Å². The van der Waals surface area contributed by atoms with Gasteiger partial charge in [0.05, 0.1) is 0 Å². The van der Waals surface area contributed by atoms with Crippen molar-refractivity contribution in [3.05, 3.63) is 64.4 Å². The van der Waals surface area contributed by atoms with Crippen LogP contribution < -0.4 is 5.32 Å². The minimum atomic E-state index is -0.420. The monoisotopic (exact) mass is 293 g/mol. The Morgan fingerprint density at radius 1 is 1.05 bits per heavy atom. The van der Waals surface area contributed by atoms with E-state index in [2.05, 4.69) is 5.32 Å². The van der Waals surface area contributed by atoms with Crippen molar-refractivity contribution in [2.24, 2.45) is 0 Å². The second kappa shape index (κ2) is 6.25. The van der Waals surface area contributed by atoms with Crippen molar-refractivity contribution < 1.29 is 9.50 Å². The standard InChI is InChI=1S/C16H17ClFNO/c1-10(13-5-3-4-6-15(13)17)19-11(2)14-8-7-12(20)9-16(14)18/h3-11,19-20H,1-2H3. The van der Waals surface area contributed by atoms with Crippen molar-refractivity contribution in [1.29, 1.82) is 0 Å². The van der Waals surface area contributed by atoms with Crippen molar-refractivity contribution in [3.8, 4) is 5.75 Å². The number of benzene rings is 2. The first kappa shape index (κ1) is 14.8. The molecule has 0 aromatic heterocycles. The number of aromatic hydroxyl groups is 1. The summed E-state index contributed by atoms with van der Waals surface area (Å²) < 4.78 is 13.8. The van der Waals surface area contributed by atoms with Gasteiger partial charge in [-0.15, -0.1) is 0 Å². The van der Waals surface area contributed by atoms with Crippen LogP contribution >= 0.6 is 11.6 Å². The third kappa shape index (κ3) is 3.30. The summed E-state index contributed by atoms with van der Waals surface area (Å²) >= 11 is 6.15. The second-order valence-electron chi connectivity index (χ2n) is 4.84. The van der Waals surface area contributed by atoms with Crippen LogP contribution in [0.15, 0.2) is 42.5 Å². The highest BCUT2D eigenvalue weighted by Gasteiger charge is 2.16. The van der Waals surface area contributed by atoms with E-state index in [4.69, 9.17) is 11.6 Å². The Balaban J connectivity index is 2.15. The molecule has 2 atom stereocenters. The molecule has 0 aliphatic carbocycles. The molecule has 2 aromatic carbocycles. The number of hydrogen-bond donors (Lipinski definition) is 2. The van der Waals surface area contributed by atoms with Gasteiger partial charge in [-0.2, -0.15) is 0 Å². The highest BCUT2D eigenvalue weighted by molar-refractivity contribution is 6.31. The summed E-state index contributed by atoms with van der Waals surface area (Å²) in [6, 6.07) is 11.6. The number of nitrogens with one attached hydrogen (secondary N) is 1. The van der Waals surface area contributed by atoms with Crippen LogP contribution in [0.1, 0.15) is 37.1 Å². The maximum absolute atomic E-state index is 13.8. The fraction of sp³-hybridized carbons (Fsp3) is 0.250. The molecule has 106 valence electrons. The number of phenolic OH excluding ortho intramolecular Hbond substituents is 1. The summed E-state index contributed by atoms with van der Waals surface area (Å²) in [6.45, 7) is 3.86. The Kier molecular flexibility index (Phi) is 4.63. The van der Waals surface area contributed by atoms with Gasteiger partial charge in [-0.05, 0) is 31.5 Å². The molecule has 0 saturated carbocycles.